The summed E-state index contributed by atoms with van der Waals surface area (Å²) in [5.74, 6) is 0. The lowest BCUT2D eigenvalue weighted by Crippen LogP contribution is -2.51. The average Bonchev–Trinajstić information content (AvgIpc) is 4.09. The molecule has 0 fully saturated rings. The number of rotatable bonds is 6. The Balaban J connectivity index is 1.06. The zero-order chi connectivity index (χ0) is 44.1. The van der Waals surface area contributed by atoms with Gasteiger partial charge >= 0.3 is 0 Å². The molecule has 0 atom stereocenters. The Morgan fingerprint density at radius 2 is 0.612 bits per heavy atom. The summed E-state index contributed by atoms with van der Waals surface area (Å²) in [4.78, 5) is 5.23. The molecule has 1 aliphatic heterocycles. The van der Waals surface area contributed by atoms with Crippen LogP contribution in [0.5, 0.6) is 0 Å². The molecule has 4 nitrogen and oxygen atoms in total. The van der Waals surface area contributed by atoms with Crippen LogP contribution in [0.3, 0.4) is 0 Å². The molecule has 0 amide bonds. The van der Waals surface area contributed by atoms with Gasteiger partial charge in [-0.25, -0.2) is 0 Å². The fraction of sp³-hybridized carbons (Fsp3) is 0.0159. The number of hydrogen-bond acceptors (Lipinski definition) is 4. The molecule has 4 heteroatoms. The molecule has 0 aliphatic carbocycles. The molecule has 13 aromatic rings. The van der Waals surface area contributed by atoms with Crippen molar-refractivity contribution in [1.29, 1.82) is 0 Å². The van der Waals surface area contributed by atoms with Gasteiger partial charge in [0.1, 0.15) is 22.3 Å². The number of furan rings is 2. The fourth-order valence-electron chi connectivity index (χ4n) is 11.2. The number of hydrogen-bond donors (Lipinski definition) is 0. The third kappa shape index (κ3) is 5.41. The first-order valence-electron chi connectivity index (χ1n) is 22.9. The van der Waals surface area contributed by atoms with Crippen molar-refractivity contribution in [2.24, 2.45) is 0 Å². The Kier molecular flexibility index (Phi) is 8.16. The van der Waals surface area contributed by atoms with E-state index < -0.39 is 5.66 Å². The Labute approximate surface area is 386 Å². The lowest BCUT2D eigenvalue weighted by atomic mass is 9.87. The summed E-state index contributed by atoms with van der Waals surface area (Å²) in [5.41, 5.74) is 13.9. The molecule has 67 heavy (non-hydrogen) atoms. The van der Waals surface area contributed by atoms with Crippen molar-refractivity contribution in [3.05, 3.63) is 254 Å². The van der Waals surface area contributed by atoms with Crippen LogP contribution < -0.4 is 9.80 Å². The quantitative estimate of drug-likeness (QED) is 0.156. The summed E-state index contributed by atoms with van der Waals surface area (Å²) >= 11 is 0. The van der Waals surface area contributed by atoms with E-state index in [9.17, 15) is 0 Å². The summed E-state index contributed by atoms with van der Waals surface area (Å²) in [6, 6.07) is 87.8. The van der Waals surface area contributed by atoms with E-state index in [1.807, 2.05) is 12.1 Å². The monoisotopic (exact) mass is 856 g/mol. The van der Waals surface area contributed by atoms with E-state index in [-0.39, 0.29) is 0 Å². The highest BCUT2D eigenvalue weighted by atomic mass is 16.3. The fourth-order valence-corrected chi connectivity index (χ4v) is 11.2. The molecule has 0 saturated carbocycles. The van der Waals surface area contributed by atoms with Crippen molar-refractivity contribution in [2.75, 3.05) is 9.80 Å². The third-order valence-electron chi connectivity index (χ3n) is 14.0. The van der Waals surface area contributed by atoms with Gasteiger partial charge in [0.2, 0.25) is 0 Å². The van der Waals surface area contributed by atoms with Gasteiger partial charge in [0.05, 0.1) is 11.4 Å². The molecule has 11 aromatic carbocycles. The molecule has 2 aromatic heterocycles. The highest BCUT2D eigenvalue weighted by Gasteiger charge is 2.55. The predicted molar refractivity (Wildman–Crippen MR) is 278 cm³/mol. The van der Waals surface area contributed by atoms with E-state index in [0.717, 1.165) is 100 Å². The smallest absolute Gasteiger partial charge is 0.175 e. The lowest BCUT2D eigenvalue weighted by Gasteiger charge is -2.47. The first-order valence-corrected chi connectivity index (χ1v) is 22.9. The van der Waals surface area contributed by atoms with E-state index in [1.54, 1.807) is 0 Å². The zero-order valence-electron chi connectivity index (χ0n) is 36.3. The largest absolute Gasteiger partial charge is 0.456 e. The molecule has 1 aliphatic rings. The number of para-hydroxylation sites is 2. The van der Waals surface area contributed by atoms with Gasteiger partial charge in [-0.05, 0) is 81.6 Å². The molecule has 0 spiro atoms. The second kappa shape index (κ2) is 14.6. The van der Waals surface area contributed by atoms with Crippen LogP contribution in [0, 0.1) is 0 Å². The van der Waals surface area contributed by atoms with Gasteiger partial charge < -0.3 is 18.6 Å². The molecule has 14 rings (SSSR count). The minimum atomic E-state index is -0.900. The molecule has 314 valence electrons. The zero-order valence-corrected chi connectivity index (χ0v) is 36.3. The van der Waals surface area contributed by atoms with Crippen LogP contribution in [0.25, 0.3) is 87.7 Å². The summed E-state index contributed by atoms with van der Waals surface area (Å²) in [7, 11) is 0. The SMILES string of the molecule is c1ccc(C2(c3ccccc3)N(c3ccc(-c4cccc5oc6ccccc6c45)cc3)c3c(c4ccccc4c4ccccc34)N2c2ccc(-c3cccc4oc5ccccc5c34)cc2)cc1. The summed E-state index contributed by atoms with van der Waals surface area (Å²) in [6.07, 6.45) is 0. The Bertz CT molecular complexity index is 3770. The van der Waals surface area contributed by atoms with Gasteiger partial charge in [-0.2, -0.15) is 0 Å². The van der Waals surface area contributed by atoms with Crippen LogP contribution in [0.1, 0.15) is 11.1 Å². The second-order valence-electron chi connectivity index (χ2n) is 17.5. The minimum Gasteiger partial charge on any atom is -0.456 e. The number of benzene rings is 11. The number of fused-ring (bicyclic) bond motifs is 12. The Morgan fingerprint density at radius 3 is 1.03 bits per heavy atom. The van der Waals surface area contributed by atoms with Crippen molar-refractivity contribution in [3.63, 3.8) is 0 Å². The molecular weight excluding hydrogens is 817 g/mol. The molecule has 0 bridgehead atoms. The molecule has 0 unspecified atom stereocenters. The van der Waals surface area contributed by atoms with Crippen LogP contribution in [-0.2, 0) is 5.66 Å². The van der Waals surface area contributed by atoms with Crippen LogP contribution in [0.15, 0.2) is 251 Å². The van der Waals surface area contributed by atoms with Crippen molar-refractivity contribution >= 4 is 88.2 Å². The molecule has 0 N–H and O–H groups in total. The third-order valence-corrected chi connectivity index (χ3v) is 14.0. The Hall–Kier alpha value is -8.86. The molecule has 0 radical (unpaired) electrons. The van der Waals surface area contributed by atoms with Gasteiger partial charge in [0, 0.05) is 54.8 Å². The maximum Gasteiger partial charge on any atom is 0.175 e. The van der Waals surface area contributed by atoms with E-state index in [2.05, 4.69) is 240 Å². The van der Waals surface area contributed by atoms with Gasteiger partial charge in [-0.1, -0.05) is 194 Å². The number of anilines is 4. The highest BCUT2D eigenvalue weighted by molar-refractivity contribution is 6.24. The summed E-state index contributed by atoms with van der Waals surface area (Å²) in [5, 5.41) is 9.29. The van der Waals surface area contributed by atoms with E-state index in [0.29, 0.717) is 0 Å². The van der Waals surface area contributed by atoms with Gasteiger partial charge in [0.15, 0.2) is 5.66 Å². The Morgan fingerprint density at radius 1 is 0.269 bits per heavy atom. The second-order valence-corrected chi connectivity index (χ2v) is 17.5. The van der Waals surface area contributed by atoms with Crippen molar-refractivity contribution < 1.29 is 8.83 Å². The molecular formula is C63H40N2O2. The van der Waals surface area contributed by atoms with Gasteiger partial charge in [0.25, 0.3) is 0 Å². The van der Waals surface area contributed by atoms with Crippen LogP contribution in [0.4, 0.5) is 22.7 Å². The first-order chi connectivity index (χ1) is 33.3. The minimum absolute atomic E-state index is 0.887. The standard InChI is InChI=1S/C63H40N2O2/c1-3-17-43(18-4-1)63(44-19-5-2-6-20-44)64(45-37-33-41(34-38-45)47-27-15-31-57-59(47)53-25-11-13-29-55(53)66-57)61-51-23-9-7-21-49(51)50-22-8-10-24-52(50)62(61)65(63)46-39-35-42(36-40-46)48-28-16-32-58-60(48)54-26-12-14-30-56(54)67-58/h1-40H. The summed E-state index contributed by atoms with van der Waals surface area (Å²) in [6.45, 7) is 0. The van der Waals surface area contributed by atoms with Gasteiger partial charge in [-0.15, -0.1) is 0 Å². The topological polar surface area (TPSA) is 32.8 Å². The van der Waals surface area contributed by atoms with Crippen LogP contribution in [-0.4, -0.2) is 0 Å². The average molecular weight is 857 g/mol. The van der Waals surface area contributed by atoms with Crippen molar-refractivity contribution in [1.82, 2.24) is 0 Å². The number of nitrogens with zero attached hydrogens (tertiary/aromatic N) is 2. The van der Waals surface area contributed by atoms with E-state index in [1.165, 1.54) is 21.5 Å². The lowest BCUT2D eigenvalue weighted by molar-refractivity contribution is 0.561. The normalized spacial score (nSPS) is 13.4. The molecule has 3 heterocycles. The van der Waals surface area contributed by atoms with Crippen LogP contribution >= 0.6 is 0 Å². The maximum absolute atomic E-state index is 6.36. The predicted octanol–water partition coefficient (Wildman–Crippen LogP) is 17.3. The highest BCUT2D eigenvalue weighted by Crippen LogP contribution is 2.63. The summed E-state index contributed by atoms with van der Waals surface area (Å²) < 4.78 is 12.7. The molecule has 0 saturated heterocycles. The van der Waals surface area contributed by atoms with Crippen LogP contribution in [0.2, 0.25) is 0 Å². The van der Waals surface area contributed by atoms with Crippen molar-refractivity contribution in [3.8, 4) is 22.3 Å². The first kappa shape index (κ1) is 37.5. The van der Waals surface area contributed by atoms with Gasteiger partial charge in [-0.3, -0.25) is 0 Å². The van der Waals surface area contributed by atoms with E-state index >= 15 is 0 Å². The van der Waals surface area contributed by atoms with Crippen molar-refractivity contribution in [2.45, 2.75) is 5.66 Å². The van der Waals surface area contributed by atoms with E-state index in [4.69, 9.17) is 8.83 Å². The maximum atomic E-state index is 6.36.